The molecule has 1 aromatic heterocycles. The van der Waals surface area contributed by atoms with Crippen LogP contribution in [0.3, 0.4) is 0 Å². The van der Waals surface area contributed by atoms with Crippen molar-refractivity contribution >= 4 is 27.4 Å². The van der Waals surface area contributed by atoms with E-state index in [0.29, 0.717) is 42.1 Å². The molecule has 0 radical (unpaired) electrons. The van der Waals surface area contributed by atoms with Crippen LogP contribution in [0, 0.1) is 52.3 Å². The van der Waals surface area contributed by atoms with Gasteiger partial charge in [-0.05, 0) is 121 Å². The summed E-state index contributed by atoms with van der Waals surface area (Å²) in [7, 11) is -3.96. The molecule has 11 atom stereocenters. The van der Waals surface area contributed by atoms with Gasteiger partial charge in [0.15, 0.2) is 0 Å². The third-order valence-electron chi connectivity index (χ3n) is 13.2. The molecule has 0 aliphatic heterocycles. The Kier molecular flexibility index (Phi) is 9.22. The predicted molar refractivity (Wildman–Crippen MR) is 179 cm³/mol. The molecule has 2 aromatic rings. The van der Waals surface area contributed by atoms with Crippen LogP contribution in [0.25, 0.3) is 10.4 Å². The van der Waals surface area contributed by atoms with Crippen LogP contribution in [0.5, 0.6) is 0 Å². The fourth-order valence-corrected chi connectivity index (χ4v) is 13.2. The summed E-state index contributed by atoms with van der Waals surface area (Å²) in [6.07, 6.45) is 8.58. The summed E-state index contributed by atoms with van der Waals surface area (Å²) >= 11 is 1.15. The zero-order chi connectivity index (χ0) is 32.1. The maximum absolute atomic E-state index is 12.9. The van der Waals surface area contributed by atoms with Crippen LogP contribution in [0.15, 0.2) is 46.7 Å². The normalized spacial score (nSPS) is 38.4. The summed E-state index contributed by atoms with van der Waals surface area (Å²) in [5, 5.41) is 25.3. The number of aliphatic hydroxyl groups is 2. The number of benzene rings is 1. The maximum atomic E-state index is 12.9. The third kappa shape index (κ3) is 5.89. The van der Waals surface area contributed by atoms with Gasteiger partial charge in [-0.3, -0.25) is 0 Å². The lowest BCUT2D eigenvalue weighted by Gasteiger charge is -2.64. The largest absolute Gasteiger partial charge is 0.393 e. The molecule has 0 saturated heterocycles. The van der Waals surface area contributed by atoms with E-state index in [4.69, 9.17) is 0 Å². The lowest BCUT2D eigenvalue weighted by molar-refractivity contribution is -0.203. The summed E-state index contributed by atoms with van der Waals surface area (Å²) in [5.74, 6) is 2.85. The highest BCUT2D eigenvalue weighted by molar-refractivity contribution is 7.92. The number of hydrogen-bond donors (Lipinski definition) is 4. The van der Waals surface area contributed by atoms with Crippen LogP contribution in [-0.2, 0) is 10.0 Å². The highest BCUT2D eigenvalue weighted by Crippen LogP contribution is 2.69. The molecule has 2 amide bonds. The molecule has 9 heteroatoms. The second-order valence-corrected chi connectivity index (χ2v) is 18.2. The summed E-state index contributed by atoms with van der Waals surface area (Å²) in [4.78, 5) is 13.5. The van der Waals surface area contributed by atoms with Crippen molar-refractivity contribution < 1.29 is 23.4 Å². The monoisotopic (exact) mass is 656 g/mol. The Bertz CT molecular complexity index is 1460. The number of thiophene rings is 1. The van der Waals surface area contributed by atoms with Gasteiger partial charge in [0, 0.05) is 11.4 Å². The number of rotatable bonds is 8. The van der Waals surface area contributed by atoms with Gasteiger partial charge in [0.25, 0.3) is 10.0 Å². The van der Waals surface area contributed by atoms with Crippen LogP contribution in [-0.4, -0.2) is 43.4 Å². The molecule has 4 aliphatic rings. The topological polar surface area (TPSA) is 116 Å². The van der Waals surface area contributed by atoms with E-state index in [1.807, 2.05) is 30.3 Å². The molecule has 4 unspecified atom stereocenters. The fraction of sp³-hybridized carbons (Fsp3) is 0.694. The molecule has 1 heterocycles. The molecule has 7 nitrogen and oxygen atoms in total. The predicted octanol–water partition coefficient (Wildman–Crippen LogP) is 7.06. The van der Waals surface area contributed by atoms with Crippen molar-refractivity contribution in [2.75, 3.05) is 6.54 Å². The van der Waals surface area contributed by atoms with E-state index in [1.165, 1.54) is 6.42 Å². The van der Waals surface area contributed by atoms with E-state index in [9.17, 15) is 23.4 Å². The van der Waals surface area contributed by atoms with Gasteiger partial charge in [0.1, 0.15) is 4.21 Å². The van der Waals surface area contributed by atoms with Crippen molar-refractivity contribution in [3.63, 3.8) is 0 Å². The maximum Gasteiger partial charge on any atom is 0.328 e. The smallest absolute Gasteiger partial charge is 0.328 e. The van der Waals surface area contributed by atoms with E-state index >= 15 is 0 Å². The highest BCUT2D eigenvalue weighted by Gasteiger charge is 2.64. The molecule has 4 N–H and O–H groups in total. The van der Waals surface area contributed by atoms with E-state index in [0.717, 1.165) is 73.1 Å². The number of carbonyl (C=O) groups is 1. The van der Waals surface area contributed by atoms with Gasteiger partial charge in [0.2, 0.25) is 0 Å². The Morgan fingerprint density at radius 3 is 2.42 bits per heavy atom. The number of urea groups is 1. The van der Waals surface area contributed by atoms with Gasteiger partial charge in [0.05, 0.1) is 12.2 Å². The average molecular weight is 657 g/mol. The van der Waals surface area contributed by atoms with Gasteiger partial charge in [-0.15, -0.1) is 11.3 Å². The number of fused-ring (bicyclic) bond motifs is 5. The first kappa shape index (κ1) is 33.0. The van der Waals surface area contributed by atoms with Crippen molar-refractivity contribution in [1.29, 1.82) is 0 Å². The van der Waals surface area contributed by atoms with Crippen LogP contribution in [0.1, 0.15) is 85.5 Å². The Morgan fingerprint density at radius 1 is 0.978 bits per heavy atom. The molecule has 45 heavy (non-hydrogen) atoms. The standard InChI is InChI=1S/C36H52N2O5S2/c1-5-25-29-21-24(39)15-18-36(29,4)28-16-19-35(3)26(11-12-27(35)32(28)33(25)40)22(2)17-20-37-34(41)38-45(42,43)31-14-13-30(44-31)23-9-7-6-8-10-23/h6-10,13-14,22,24-29,32-33,39-40H,5,11-12,15-21H2,1-4H3,(H2,37,38,41)/t22-,24-,25-,26-,27?,28?,29?,32+,33-,35-,36?/m1/s1. The fourth-order valence-electron chi connectivity index (χ4n) is 11.0. The molecule has 0 spiro atoms. The minimum atomic E-state index is -3.96. The Labute approximate surface area is 273 Å². The molecular formula is C36H52N2O5S2. The number of hydrogen-bond acceptors (Lipinski definition) is 6. The zero-order valence-corrected chi connectivity index (χ0v) is 28.9. The summed E-state index contributed by atoms with van der Waals surface area (Å²) in [5.41, 5.74) is 1.28. The van der Waals surface area contributed by atoms with Crippen molar-refractivity contribution in [3.8, 4) is 10.4 Å². The first-order valence-corrected chi connectivity index (χ1v) is 19.5. The number of carbonyl (C=O) groups excluding carboxylic acids is 1. The molecule has 4 aliphatic carbocycles. The molecule has 248 valence electrons. The number of amides is 2. The van der Waals surface area contributed by atoms with Crippen molar-refractivity contribution in [3.05, 3.63) is 42.5 Å². The first-order chi connectivity index (χ1) is 21.4. The number of nitrogens with one attached hydrogen (secondary N) is 2. The molecule has 1 aromatic carbocycles. The number of aliphatic hydroxyl groups excluding tert-OH is 2. The van der Waals surface area contributed by atoms with Crippen molar-refractivity contribution in [2.45, 2.75) is 102 Å². The van der Waals surface area contributed by atoms with Gasteiger partial charge < -0.3 is 15.5 Å². The summed E-state index contributed by atoms with van der Waals surface area (Å²) < 4.78 is 28.1. The van der Waals surface area contributed by atoms with Gasteiger partial charge in [-0.1, -0.05) is 64.4 Å². The van der Waals surface area contributed by atoms with E-state index in [2.05, 4.69) is 37.7 Å². The minimum Gasteiger partial charge on any atom is -0.393 e. The van der Waals surface area contributed by atoms with Crippen LogP contribution >= 0.6 is 11.3 Å². The third-order valence-corrected chi connectivity index (χ3v) is 16.1. The Morgan fingerprint density at radius 2 is 1.69 bits per heavy atom. The number of sulfonamides is 1. The quantitative estimate of drug-likeness (QED) is 0.243. The minimum absolute atomic E-state index is 0.116. The Hall–Kier alpha value is -1.94. The van der Waals surface area contributed by atoms with Gasteiger partial charge in [-0.25, -0.2) is 17.9 Å². The lowest BCUT2D eigenvalue weighted by atomic mass is 9.41. The molecular weight excluding hydrogens is 605 g/mol. The molecule has 0 bridgehead atoms. The molecule has 4 saturated carbocycles. The molecule has 4 fully saturated rings. The highest BCUT2D eigenvalue weighted by atomic mass is 32.2. The van der Waals surface area contributed by atoms with Crippen molar-refractivity contribution in [2.24, 2.45) is 52.3 Å². The van der Waals surface area contributed by atoms with E-state index < -0.39 is 16.1 Å². The average Bonchev–Trinajstić information content (AvgIpc) is 3.64. The summed E-state index contributed by atoms with van der Waals surface area (Å²) in [6, 6.07) is 12.2. The van der Waals surface area contributed by atoms with Crippen LogP contribution < -0.4 is 10.0 Å². The zero-order valence-electron chi connectivity index (χ0n) is 27.2. The van der Waals surface area contributed by atoms with Gasteiger partial charge in [-0.2, -0.15) is 0 Å². The van der Waals surface area contributed by atoms with E-state index in [1.54, 1.807) is 12.1 Å². The summed E-state index contributed by atoms with van der Waals surface area (Å²) in [6.45, 7) is 9.85. The second-order valence-electron chi connectivity index (χ2n) is 15.2. The van der Waals surface area contributed by atoms with Crippen molar-refractivity contribution in [1.82, 2.24) is 10.0 Å². The van der Waals surface area contributed by atoms with Crippen LogP contribution in [0.2, 0.25) is 0 Å². The lowest BCUT2D eigenvalue weighted by Crippen LogP contribution is -2.62. The van der Waals surface area contributed by atoms with E-state index in [-0.39, 0.29) is 33.2 Å². The molecule has 6 rings (SSSR count). The SMILES string of the molecule is CC[C@@H]1C2C[C@H](O)CCC2(C)C2CC[C@@]3(C)C(CC[C@@H]3[C@H](C)CCNC(=O)NS(=O)(=O)c3ccc(-c4ccccc4)s3)[C@@H]2[C@@H]1O. The van der Waals surface area contributed by atoms with Gasteiger partial charge >= 0.3 is 6.03 Å². The Balaban J connectivity index is 1.06. The van der Waals surface area contributed by atoms with Crippen LogP contribution in [0.4, 0.5) is 4.79 Å². The second kappa shape index (κ2) is 12.6. The first-order valence-electron chi connectivity index (χ1n) is 17.2.